The Morgan fingerprint density at radius 2 is 1.79 bits per heavy atom. The van der Waals surface area contributed by atoms with Crippen molar-refractivity contribution in [2.45, 2.75) is 19.4 Å². The molecule has 0 radical (unpaired) electrons. The number of benzene rings is 1. The van der Waals surface area contributed by atoms with Gasteiger partial charge >= 0.3 is 0 Å². The van der Waals surface area contributed by atoms with Crippen LogP contribution in [0.5, 0.6) is 17.2 Å². The first kappa shape index (κ1) is 15.6. The number of aliphatic hydroxyl groups is 1. The summed E-state index contributed by atoms with van der Waals surface area (Å²) in [7, 11) is 3.14. The van der Waals surface area contributed by atoms with Gasteiger partial charge in [-0.3, -0.25) is 0 Å². The molecule has 1 unspecified atom stereocenters. The minimum Gasteiger partial charge on any atom is -0.493 e. The number of ether oxygens (including phenoxy) is 3. The van der Waals surface area contributed by atoms with Crippen LogP contribution in [0.1, 0.15) is 13.8 Å². The van der Waals surface area contributed by atoms with E-state index in [1.807, 2.05) is 13.0 Å². The number of rotatable bonds is 8. The van der Waals surface area contributed by atoms with Crippen LogP contribution in [0.3, 0.4) is 0 Å². The highest BCUT2D eigenvalue weighted by Crippen LogP contribution is 2.37. The largest absolute Gasteiger partial charge is 0.493 e. The van der Waals surface area contributed by atoms with E-state index < -0.39 is 5.60 Å². The molecule has 1 aromatic carbocycles. The van der Waals surface area contributed by atoms with Gasteiger partial charge in [-0.1, -0.05) is 13.0 Å². The fraction of sp³-hybridized carbons (Fsp3) is 0.571. The van der Waals surface area contributed by atoms with Gasteiger partial charge in [-0.2, -0.15) is 0 Å². The average molecular weight is 269 g/mol. The number of hydrogen-bond donors (Lipinski definition) is 2. The van der Waals surface area contributed by atoms with Gasteiger partial charge in [-0.15, -0.1) is 0 Å². The summed E-state index contributed by atoms with van der Waals surface area (Å²) in [5.74, 6) is 1.67. The molecule has 0 heterocycles. The molecule has 0 aliphatic rings. The molecule has 5 heteroatoms. The summed E-state index contributed by atoms with van der Waals surface area (Å²) >= 11 is 0. The molecule has 108 valence electrons. The Morgan fingerprint density at radius 1 is 1.21 bits per heavy atom. The van der Waals surface area contributed by atoms with Crippen molar-refractivity contribution in [3.8, 4) is 17.2 Å². The third-order valence-electron chi connectivity index (χ3n) is 2.67. The van der Waals surface area contributed by atoms with E-state index in [1.165, 1.54) is 0 Å². The highest BCUT2D eigenvalue weighted by molar-refractivity contribution is 5.51. The Balaban J connectivity index is 2.76. The van der Waals surface area contributed by atoms with Gasteiger partial charge in [0.15, 0.2) is 11.5 Å². The molecule has 0 fully saturated rings. The van der Waals surface area contributed by atoms with E-state index in [0.717, 1.165) is 6.54 Å². The topological polar surface area (TPSA) is 60.0 Å². The lowest BCUT2D eigenvalue weighted by molar-refractivity contribution is 0.0112. The first-order valence-corrected chi connectivity index (χ1v) is 6.31. The van der Waals surface area contributed by atoms with E-state index in [4.69, 9.17) is 14.2 Å². The van der Waals surface area contributed by atoms with E-state index in [0.29, 0.717) is 23.8 Å². The van der Waals surface area contributed by atoms with Crippen molar-refractivity contribution >= 4 is 0 Å². The molecule has 0 aromatic heterocycles. The maximum absolute atomic E-state index is 10.2. The monoisotopic (exact) mass is 269 g/mol. The molecule has 0 bridgehead atoms. The van der Waals surface area contributed by atoms with Crippen LogP contribution in [0.4, 0.5) is 0 Å². The second-order valence-electron chi connectivity index (χ2n) is 4.56. The zero-order valence-electron chi connectivity index (χ0n) is 12.0. The lowest BCUT2D eigenvalue weighted by Gasteiger charge is -2.24. The van der Waals surface area contributed by atoms with Crippen molar-refractivity contribution in [2.75, 3.05) is 33.9 Å². The minimum absolute atomic E-state index is 0.150. The van der Waals surface area contributed by atoms with Crippen LogP contribution in [0.2, 0.25) is 0 Å². The molecule has 1 atom stereocenters. The van der Waals surface area contributed by atoms with Gasteiger partial charge < -0.3 is 24.6 Å². The van der Waals surface area contributed by atoms with Crippen molar-refractivity contribution in [3.63, 3.8) is 0 Å². The van der Waals surface area contributed by atoms with Crippen LogP contribution in [0.15, 0.2) is 18.2 Å². The van der Waals surface area contributed by atoms with Gasteiger partial charge in [0.25, 0.3) is 0 Å². The lowest BCUT2D eigenvalue weighted by Crippen LogP contribution is -2.42. The van der Waals surface area contributed by atoms with Gasteiger partial charge in [0.05, 0.1) is 14.2 Å². The van der Waals surface area contributed by atoms with Crippen LogP contribution in [0, 0.1) is 0 Å². The van der Waals surface area contributed by atoms with Crippen molar-refractivity contribution in [1.82, 2.24) is 5.32 Å². The number of nitrogens with one attached hydrogen (secondary N) is 1. The van der Waals surface area contributed by atoms with Gasteiger partial charge in [-0.05, 0) is 25.6 Å². The Bertz CT molecular complexity index is 371. The smallest absolute Gasteiger partial charge is 0.203 e. The normalized spacial score (nSPS) is 13.7. The van der Waals surface area contributed by atoms with E-state index in [9.17, 15) is 5.11 Å². The Morgan fingerprint density at radius 3 is 2.26 bits per heavy atom. The van der Waals surface area contributed by atoms with Crippen LogP contribution in [0.25, 0.3) is 0 Å². The van der Waals surface area contributed by atoms with Gasteiger partial charge in [0.1, 0.15) is 12.2 Å². The number of likely N-dealkylation sites (N-methyl/N-ethyl adjacent to an activating group) is 1. The zero-order chi connectivity index (χ0) is 14.3. The number of para-hydroxylation sites is 1. The summed E-state index contributed by atoms with van der Waals surface area (Å²) in [5.41, 5.74) is -0.956. The predicted octanol–water partition coefficient (Wildman–Crippen LogP) is 1.44. The first-order chi connectivity index (χ1) is 9.04. The maximum Gasteiger partial charge on any atom is 0.203 e. The third kappa shape index (κ3) is 4.61. The van der Waals surface area contributed by atoms with E-state index in [2.05, 4.69) is 5.32 Å². The maximum atomic E-state index is 10.2. The Kier molecular flexibility index (Phi) is 5.92. The van der Waals surface area contributed by atoms with Gasteiger partial charge in [0, 0.05) is 6.54 Å². The highest BCUT2D eigenvalue weighted by atomic mass is 16.5. The zero-order valence-corrected chi connectivity index (χ0v) is 12.0. The molecule has 1 rings (SSSR count). The fourth-order valence-electron chi connectivity index (χ4n) is 1.63. The summed E-state index contributed by atoms with van der Waals surface area (Å²) in [5, 5.41) is 13.3. The molecule has 0 amide bonds. The molecule has 0 saturated heterocycles. The van der Waals surface area contributed by atoms with Crippen molar-refractivity contribution < 1.29 is 19.3 Å². The van der Waals surface area contributed by atoms with Crippen molar-refractivity contribution in [1.29, 1.82) is 0 Å². The molecule has 2 N–H and O–H groups in total. The lowest BCUT2D eigenvalue weighted by atomic mass is 10.1. The summed E-state index contributed by atoms with van der Waals surface area (Å²) in [4.78, 5) is 0. The SMILES string of the molecule is CCNCC(C)(O)COc1c(OC)cccc1OC. The molecular formula is C14H23NO4. The first-order valence-electron chi connectivity index (χ1n) is 6.31. The average Bonchev–Trinajstić information content (AvgIpc) is 2.42. The summed E-state index contributed by atoms with van der Waals surface area (Å²) in [6.45, 7) is 5.11. The Labute approximate surface area is 114 Å². The van der Waals surface area contributed by atoms with E-state index in [-0.39, 0.29) is 6.61 Å². The predicted molar refractivity (Wildman–Crippen MR) is 74.2 cm³/mol. The van der Waals surface area contributed by atoms with Crippen LogP contribution < -0.4 is 19.5 Å². The summed E-state index contributed by atoms with van der Waals surface area (Å²) < 4.78 is 16.1. The van der Waals surface area contributed by atoms with Gasteiger partial charge in [-0.25, -0.2) is 0 Å². The quantitative estimate of drug-likeness (QED) is 0.748. The standard InChI is InChI=1S/C14H23NO4/c1-5-15-9-14(2,16)10-19-13-11(17-3)7-6-8-12(13)18-4/h6-8,15-16H,5,9-10H2,1-4H3. The molecule has 0 spiro atoms. The second-order valence-corrected chi connectivity index (χ2v) is 4.56. The molecule has 0 saturated carbocycles. The highest BCUT2D eigenvalue weighted by Gasteiger charge is 2.22. The fourth-order valence-corrected chi connectivity index (χ4v) is 1.63. The molecule has 1 aromatic rings. The van der Waals surface area contributed by atoms with Crippen LogP contribution >= 0.6 is 0 Å². The van der Waals surface area contributed by atoms with Crippen molar-refractivity contribution in [2.24, 2.45) is 0 Å². The number of methoxy groups -OCH3 is 2. The number of hydrogen-bond acceptors (Lipinski definition) is 5. The van der Waals surface area contributed by atoms with Gasteiger partial charge in [0.2, 0.25) is 5.75 Å². The molecular weight excluding hydrogens is 246 g/mol. The van der Waals surface area contributed by atoms with E-state index in [1.54, 1.807) is 33.3 Å². The van der Waals surface area contributed by atoms with Crippen LogP contribution in [-0.2, 0) is 0 Å². The summed E-state index contributed by atoms with van der Waals surface area (Å²) in [6.07, 6.45) is 0. The molecule has 0 aliphatic heterocycles. The molecule has 5 nitrogen and oxygen atoms in total. The molecule has 0 aliphatic carbocycles. The summed E-state index contributed by atoms with van der Waals surface area (Å²) in [6, 6.07) is 5.40. The minimum atomic E-state index is -0.956. The van der Waals surface area contributed by atoms with E-state index >= 15 is 0 Å². The van der Waals surface area contributed by atoms with Crippen molar-refractivity contribution in [3.05, 3.63) is 18.2 Å². The second kappa shape index (κ2) is 7.21. The third-order valence-corrected chi connectivity index (χ3v) is 2.67. The van der Waals surface area contributed by atoms with Crippen LogP contribution in [-0.4, -0.2) is 44.6 Å². The molecule has 19 heavy (non-hydrogen) atoms. The Hall–Kier alpha value is -1.46.